The van der Waals surface area contributed by atoms with Gasteiger partial charge < -0.3 is 4.74 Å². The summed E-state index contributed by atoms with van der Waals surface area (Å²) in [6.07, 6.45) is 0. The van der Waals surface area contributed by atoms with Crippen molar-refractivity contribution in [3.05, 3.63) is 156 Å². The van der Waals surface area contributed by atoms with Crippen LogP contribution < -0.4 is 25.5 Å². The number of rotatable bonds is 2. The van der Waals surface area contributed by atoms with E-state index in [4.69, 9.17) is 4.74 Å². The zero-order chi connectivity index (χ0) is 38.5. The molecule has 0 atom stereocenters. The molecule has 0 unspecified atom stereocenters. The van der Waals surface area contributed by atoms with E-state index in [1.165, 1.54) is 92.1 Å². The number of fused-ring (bicyclic) bond motifs is 12. The molecule has 2 aliphatic heterocycles. The van der Waals surface area contributed by atoms with Gasteiger partial charge in [0.05, 0.1) is 0 Å². The topological polar surface area (TPSA) is 9.23 Å². The summed E-state index contributed by atoms with van der Waals surface area (Å²) in [6.45, 7) is 19.6. The van der Waals surface area contributed by atoms with E-state index >= 15 is 0 Å². The molecular formula is C52H46OSSi2. The first-order valence-corrected chi connectivity index (χ1v) is 26.9. The van der Waals surface area contributed by atoms with Gasteiger partial charge in [0.25, 0.3) is 0 Å². The molecule has 7 aromatic rings. The SMILES string of the molecule is CC1(C)c2ccccc2-c2c1ccc1c2Oc2c(-c3ccc(-c4cccc5c4Sc4c(ccc6c4-c4ccccc4C6(C)C)[Si]5(C)C)cc3)cccc2[Si]1(C)C. The van der Waals surface area contributed by atoms with Gasteiger partial charge in [0.15, 0.2) is 0 Å². The Kier molecular flexibility index (Phi) is 6.98. The maximum absolute atomic E-state index is 7.25. The average Bonchev–Trinajstić information content (AvgIpc) is 3.58. The Morgan fingerprint density at radius 2 is 0.857 bits per heavy atom. The number of hydrogen-bond donors (Lipinski definition) is 0. The molecule has 0 bridgehead atoms. The van der Waals surface area contributed by atoms with Crippen LogP contribution in [0.2, 0.25) is 26.2 Å². The third-order valence-corrected chi connectivity index (χ3v) is 22.7. The fourth-order valence-corrected chi connectivity index (χ4v) is 19.3. The molecule has 4 aliphatic rings. The van der Waals surface area contributed by atoms with Crippen molar-refractivity contribution in [2.45, 2.75) is 74.5 Å². The van der Waals surface area contributed by atoms with Crippen molar-refractivity contribution in [3.8, 4) is 56.0 Å². The van der Waals surface area contributed by atoms with E-state index in [2.05, 4.69) is 187 Å². The first kappa shape index (κ1) is 34.4. The summed E-state index contributed by atoms with van der Waals surface area (Å²) >= 11 is 2.01. The Morgan fingerprint density at radius 3 is 1.52 bits per heavy atom. The number of benzene rings is 7. The Morgan fingerprint density at radius 1 is 0.393 bits per heavy atom. The average molecular weight is 775 g/mol. The fraction of sp³-hybridized carbons (Fsp3) is 0.192. The van der Waals surface area contributed by atoms with Crippen molar-refractivity contribution in [3.63, 3.8) is 0 Å². The van der Waals surface area contributed by atoms with Crippen molar-refractivity contribution in [2.24, 2.45) is 0 Å². The zero-order valence-electron chi connectivity index (χ0n) is 33.5. The zero-order valence-corrected chi connectivity index (χ0v) is 36.3. The highest BCUT2D eigenvalue weighted by molar-refractivity contribution is 8.00. The predicted molar refractivity (Wildman–Crippen MR) is 243 cm³/mol. The van der Waals surface area contributed by atoms with Crippen LogP contribution in [0.25, 0.3) is 44.5 Å². The van der Waals surface area contributed by atoms with Gasteiger partial charge in [-0.2, -0.15) is 0 Å². The molecule has 56 heavy (non-hydrogen) atoms. The third kappa shape index (κ3) is 4.38. The highest BCUT2D eigenvalue weighted by Crippen LogP contribution is 2.56. The number of ether oxygens (including phenoxy) is 1. The van der Waals surface area contributed by atoms with E-state index in [1.807, 2.05) is 11.8 Å². The molecule has 0 radical (unpaired) electrons. The molecule has 2 aliphatic carbocycles. The molecule has 2 heterocycles. The molecule has 0 fully saturated rings. The summed E-state index contributed by atoms with van der Waals surface area (Å²) in [6, 6.07) is 50.9. The molecular weight excluding hydrogens is 729 g/mol. The van der Waals surface area contributed by atoms with E-state index in [1.54, 1.807) is 5.19 Å². The highest BCUT2D eigenvalue weighted by atomic mass is 32.2. The van der Waals surface area contributed by atoms with Crippen molar-refractivity contribution in [2.75, 3.05) is 0 Å². The molecule has 0 N–H and O–H groups in total. The van der Waals surface area contributed by atoms with Crippen molar-refractivity contribution in [1.29, 1.82) is 0 Å². The maximum atomic E-state index is 7.25. The summed E-state index contributed by atoms with van der Waals surface area (Å²) in [5.41, 5.74) is 16.0. The van der Waals surface area contributed by atoms with Crippen molar-refractivity contribution in [1.82, 2.24) is 0 Å². The quantitative estimate of drug-likeness (QED) is 0.162. The van der Waals surface area contributed by atoms with Gasteiger partial charge >= 0.3 is 0 Å². The summed E-state index contributed by atoms with van der Waals surface area (Å²) < 4.78 is 7.25. The Labute approximate surface area is 337 Å². The van der Waals surface area contributed by atoms with E-state index < -0.39 is 16.1 Å². The van der Waals surface area contributed by atoms with E-state index in [9.17, 15) is 0 Å². The van der Waals surface area contributed by atoms with Crippen LogP contribution in [0.3, 0.4) is 0 Å². The minimum absolute atomic E-state index is 0.00983. The van der Waals surface area contributed by atoms with Crippen LogP contribution in [0.4, 0.5) is 0 Å². The van der Waals surface area contributed by atoms with Crippen LogP contribution in [0, 0.1) is 0 Å². The molecule has 0 amide bonds. The molecule has 4 heteroatoms. The Balaban J connectivity index is 1.01. The third-order valence-electron chi connectivity index (χ3n) is 14.0. The van der Waals surface area contributed by atoms with Crippen molar-refractivity contribution < 1.29 is 4.74 Å². The summed E-state index contributed by atoms with van der Waals surface area (Å²) in [4.78, 5) is 2.91. The lowest BCUT2D eigenvalue weighted by atomic mass is 9.82. The summed E-state index contributed by atoms with van der Waals surface area (Å²) in [7, 11) is -4.09. The normalized spacial score (nSPS) is 17.6. The number of para-hydroxylation sites is 1. The van der Waals surface area contributed by atoms with Gasteiger partial charge in [0.2, 0.25) is 0 Å². The van der Waals surface area contributed by atoms with Crippen LogP contribution in [0.5, 0.6) is 11.5 Å². The second-order valence-corrected chi connectivity index (χ2v) is 28.1. The molecule has 1 nitrogen and oxygen atoms in total. The van der Waals surface area contributed by atoms with Crippen LogP contribution in [-0.2, 0) is 10.8 Å². The van der Waals surface area contributed by atoms with Gasteiger partial charge in [0, 0.05) is 31.7 Å². The molecule has 7 aromatic carbocycles. The minimum atomic E-state index is -2.09. The lowest BCUT2D eigenvalue weighted by Gasteiger charge is -2.36. The standard InChI is InChI=1S/C52H46OSSi2/c1-51(2)37-19-11-9-15-35(37)45-39(51)27-29-42-48(45)53-47-33(17-13-21-41(47)55(42,5)6)31-23-25-32(26-24-31)34-18-14-22-43-49(34)54-50-44(56(43,7)8)30-28-40-46(50)36-16-10-12-20-38(36)52(40,3)4/h9-30H,1-8H3. The second-order valence-electron chi connectivity index (χ2n) is 18.5. The van der Waals surface area contributed by atoms with Crippen LogP contribution in [0.1, 0.15) is 49.9 Å². The van der Waals surface area contributed by atoms with Gasteiger partial charge in [0.1, 0.15) is 27.6 Å². The van der Waals surface area contributed by atoms with Gasteiger partial charge in [-0.15, -0.1) is 0 Å². The largest absolute Gasteiger partial charge is 0.456 e. The highest BCUT2D eigenvalue weighted by Gasteiger charge is 2.45. The van der Waals surface area contributed by atoms with Crippen LogP contribution >= 0.6 is 11.8 Å². The molecule has 274 valence electrons. The fourth-order valence-electron chi connectivity index (χ4n) is 10.8. The van der Waals surface area contributed by atoms with Crippen LogP contribution in [0.15, 0.2) is 143 Å². The Hall–Kier alpha value is -4.88. The maximum Gasteiger partial charge on any atom is 0.135 e. The van der Waals surface area contributed by atoms with Crippen LogP contribution in [-0.4, -0.2) is 16.1 Å². The van der Waals surface area contributed by atoms with E-state index in [0.29, 0.717) is 0 Å². The monoisotopic (exact) mass is 774 g/mol. The second kappa shape index (κ2) is 11.4. The smallest absolute Gasteiger partial charge is 0.135 e. The van der Waals surface area contributed by atoms with Gasteiger partial charge in [-0.25, -0.2) is 0 Å². The molecule has 11 rings (SSSR count). The summed E-state index contributed by atoms with van der Waals surface area (Å²) in [5.74, 6) is 2.11. The van der Waals surface area contributed by atoms with Crippen molar-refractivity contribution >= 4 is 48.7 Å². The Bertz CT molecular complexity index is 2660. The predicted octanol–water partition coefficient (Wildman–Crippen LogP) is 11.8. The first-order valence-electron chi connectivity index (χ1n) is 20.1. The van der Waals surface area contributed by atoms with E-state index in [-0.39, 0.29) is 10.8 Å². The first-order chi connectivity index (χ1) is 26.8. The number of hydrogen-bond acceptors (Lipinski definition) is 2. The lowest BCUT2D eigenvalue weighted by molar-refractivity contribution is 0.489. The lowest BCUT2D eigenvalue weighted by Crippen LogP contribution is -2.56. The molecule has 0 spiro atoms. The molecule has 0 saturated heterocycles. The minimum Gasteiger partial charge on any atom is -0.456 e. The summed E-state index contributed by atoms with van der Waals surface area (Å²) in [5, 5.41) is 5.86. The van der Waals surface area contributed by atoms with Gasteiger partial charge in [-0.05, 0) is 76.4 Å². The van der Waals surface area contributed by atoms with Gasteiger partial charge in [-0.1, -0.05) is 199 Å². The van der Waals surface area contributed by atoms with Gasteiger partial charge in [-0.3, -0.25) is 0 Å². The van der Waals surface area contributed by atoms with E-state index in [0.717, 1.165) is 11.5 Å². The molecule has 0 aromatic heterocycles. The molecule has 0 saturated carbocycles.